The normalized spacial score (nSPS) is 12.6. The number of hydrogen-bond acceptors (Lipinski definition) is 11. The topological polar surface area (TPSA) is 184 Å². The van der Waals surface area contributed by atoms with Crippen molar-refractivity contribution >= 4 is 40.6 Å². The molecule has 0 aliphatic rings. The lowest BCUT2D eigenvalue weighted by atomic mass is 9.88. The summed E-state index contributed by atoms with van der Waals surface area (Å²) in [4.78, 5) is 34.5. The fourth-order valence-electron chi connectivity index (χ4n) is 5.84. The van der Waals surface area contributed by atoms with Gasteiger partial charge in [-0.15, -0.1) is 14.8 Å². The van der Waals surface area contributed by atoms with Crippen molar-refractivity contribution in [1.29, 1.82) is 0 Å². The second-order valence-corrected chi connectivity index (χ2v) is 15.1. The number of methoxy groups -OCH3 is 2. The van der Waals surface area contributed by atoms with Crippen molar-refractivity contribution in [3.8, 4) is 22.8 Å². The summed E-state index contributed by atoms with van der Waals surface area (Å²) in [7, 11) is 3.16. The number of carbonyl (C=O) groups excluding carboxylic acids is 2. The molecule has 0 spiro atoms. The Morgan fingerprint density at radius 3 is 1.69 bits per heavy atom. The van der Waals surface area contributed by atoms with Crippen LogP contribution in [0.25, 0.3) is 40.1 Å². The number of carbonyl (C=O) groups is 2. The summed E-state index contributed by atoms with van der Waals surface area (Å²) in [5, 5.41) is 24.4. The summed E-state index contributed by atoms with van der Waals surface area (Å²) >= 11 is 0. The predicted octanol–water partition coefficient (Wildman–Crippen LogP) is 4.17. The zero-order chi connectivity index (χ0) is 39.3. The Kier molecular flexibility index (Phi) is 11.7. The summed E-state index contributed by atoms with van der Waals surface area (Å²) < 4.78 is 23.8. The number of amides is 2. The van der Waals surface area contributed by atoms with Gasteiger partial charge in [0.15, 0.2) is 22.9 Å². The van der Waals surface area contributed by atoms with Crippen LogP contribution in [0.5, 0.6) is 0 Å². The molecule has 0 unspecified atom stereocenters. The van der Waals surface area contributed by atoms with Gasteiger partial charge in [-0.2, -0.15) is 9.73 Å². The van der Waals surface area contributed by atoms with Crippen molar-refractivity contribution in [2.75, 3.05) is 64.5 Å². The molecule has 16 nitrogen and oxygen atoms in total. The number of H-pyrrole nitrogens is 1. The van der Waals surface area contributed by atoms with Crippen molar-refractivity contribution in [2.45, 2.75) is 52.4 Å². The number of nitrogens with zero attached hydrogens (tertiary/aromatic N) is 7. The van der Waals surface area contributed by atoms with Crippen LogP contribution in [-0.4, -0.2) is 105 Å². The highest BCUT2D eigenvalue weighted by Gasteiger charge is 2.28. The molecular weight excluding hydrogens is 704 g/mol. The lowest BCUT2D eigenvalue weighted by Crippen LogP contribution is -2.22. The molecule has 3 N–H and O–H groups in total. The second-order valence-electron chi connectivity index (χ2n) is 15.1. The maximum Gasteiger partial charge on any atom is 0.250 e. The van der Waals surface area contributed by atoms with Gasteiger partial charge in [-0.25, -0.2) is 9.97 Å². The number of aromatic nitrogens is 8. The monoisotopic (exact) mass is 752 g/mol. The molecule has 2 amide bonds. The second kappa shape index (κ2) is 16.4. The highest BCUT2D eigenvalue weighted by molar-refractivity contribution is 5.92. The molecule has 4 heterocycles. The molecule has 0 bridgehead atoms. The van der Waals surface area contributed by atoms with E-state index in [0.29, 0.717) is 60.7 Å². The Morgan fingerprint density at radius 2 is 1.20 bits per heavy atom. The van der Waals surface area contributed by atoms with Gasteiger partial charge in [0.05, 0.1) is 37.8 Å². The van der Waals surface area contributed by atoms with Gasteiger partial charge in [0.25, 0.3) is 0 Å². The van der Waals surface area contributed by atoms with E-state index >= 15 is 0 Å². The van der Waals surface area contributed by atoms with E-state index in [9.17, 15) is 9.59 Å². The molecule has 290 valence electrons. The molecule has 6 aromatic rings. The predicted molar refractivity (Wildman–Crippen MR) is 208 cm³/mol. The molecule has 0 saturated heterocycles. The van der Waals surface area contributed by atoms with Crippen molar-refractivity contribution in [1.82, 2.24) is 39.6 Å². The Balaban J connectivity index is 1.32. The Labute approximate surface area is 318 Å². The maximum absolute atomic E-state index is 12.3. The van der Waals surface area contributed by atoms with Crippen LogP contribution in [0.3, 0.4) is 0 Å². The highest BCUT2D eigenvalue weighted by atomic mass is 16.5. The quantitative estimate of drug-likeness (QED) is 0.128. The fraction of sp³-hybridized carbons (Fsp3) is 0.410. The average Bonchev–Trinajstić information content (AvgIpc) is 3.90. The molecule has 2 aromatic carbocycles. The molecule has 0 aliphatic heterocycles. The smallest absolute Gasteiger partial charge is 0.250 e. The van der Waals surface area contributed by atoms with E-state index in [1.807, 2.05) is 24.3 Å². The van der Waals surface area contributed by atoms with Crippen LogP contribution in [0.1, 0.15) is 58.5 Å². The van der Waals surface area contributed by atoms with Crippen LogP contribution >= 0.6 is 0 Å². The molecule has 0 fully saturated rings. The molecular formula is C39H48N10O6. The average molecular weight is 753 g/mol. The minimum Gasteiger partial charge on any atom is -0.382 e. The van der Waals surface area contributed by atoms with Gasteiger partial charge in [0.1, 0.15) is 13.2 Å². The van der Waals surface area contributed by atoms with Crippen molar-refractivity contribution in [3.05, 3.63) is 70.7 Å². The molecule has 6 rings (SSSR count). The summed E-state index contributed by atoms with van der Waals surface area (Å²) in [6.07, 6.45) is 2.08. The number of anilines is 2. The summed E-state index contributed by atoms with van der Waals surface area (Å²) in [5.41, 5.74) is 6.09. The van der Waals surface area contributed by atoms with E-state index < -0.39 is 0 Å². The minimum atomic E-state index is -0.331. The standard InChI is InChI=1S/C39H48N10O6/c1-38(2,3)32-28(36-42-34(46-48(36)44-32)24-9-13-26(14-10-24)40-30(50)22-54-19-17-52-7)21-29-33(39(4,5)6)45-49-37(29)43-35(47-49)25-11-15-27(16-12-25)41-31(51)23-55-20-18-53-8/h9-16,21,44H,17-20,22-23H2,1-8H3,(H,40,50)(H,41,51)/b29-21-. The van der Waals surface area contributed by atoms with Gasteiger partial charge >= 0.3 is 0 Å². The summed E-state index contributed by atoms with van der Waals surface area (Å²) in [5.74, 6) is 0.509. The third-order valence-corrected chi connectivity index (χ3v) is 8.55. The Bertz CT molecular complexity index is 2310. The zero-order valence-electron chi connectivity index (χ0n) is 32.5. The molecule has 55 heavy (non-hydrogen) atoms. The number of nitrogens with one attached hydrogen (secondary N) is 3. The number of benzene rings is 2. The van der Waals surface area contributed by atoms with Crippen LogP contribution in [0.4, 0.5) is 11.4 Å². The summed E-state index contributed by atoms with van der Waals surface area (Å²) in [6.45, 7) is 14.1. The lowest BCUT2D eigenvalue weighted by molar-refractivity contribution is -0.121. The van der Waals surface area contributed by atoms with Crippen molar-refractivity contribution < 1.29 is 28.5 Å². The number of fused-ring (bicyclic) bond motifs is 2. The first-order valence-electron chi connectivity index (χ1n) is 18.0. The Morgan fingerprint density at radius 1 is 0.691 bits per heavy atom. The molecule has 0 saturated carbocycles. The van der Waals surface area contributed by atoms with E-state index in [4.69, 9.17) is 44.2 Å². The fourth-order valence-corrected chi connectivity index (χ4v) is 5.84. The number of ether oxygens (including phenoxy) is 4. The van der Waals surface area contributed by atoms with Gasteiger partial charge < -0.3 is 29.6 Å². The van der Waals surface area contributed by atoms with E-state index in [0.717, 1.165) is 33.3 Å². The Hall–Kier alpha value is -5.55. The van der Waals surface area contributed by atoms with Gasteiger partial charge in [-0.05, 0) is 54.6 Å². The van der Waals surface area contributed by atoms with E-state index in [-0.39, 0.29) is 35.9 Å². The van der Waals surface area contributed by atoms with Crippen LogP contribution in [0.15, 0.2) is 48.5 Å². The molecule has 0 radical (unpaired) electrons. The highest BCUT2D eigenvalue weighted by Crippen LogP contribution is 2.30. The van der Waals surface area contributed by atoms with Crippen LogP contribution in [0.2, 0.25) is 0 Å². The first-order chi connectivity index (χ1) is 26.2. The minimum absolute atomic E-state index is 0.0623. The van der Waals surface area contributed by atoms with E-state index in [2.05, 4.69) is 63.4 Å². The van der Waals surface area contributed by atoms with Crippen LogP contribution in [-0.2, 0) is 39.4 Å². The van der Waals surface area contributed by atoms with Gasteiger partial charge in [-0.3, -0.25) is 14.7 Å². The van der Waals surface area contributed by atoms with Crippen molar-refractivity contribution in [2.24, 2.45) is 0 Å². The van der Waals surface area contributed by atoms with Crippen molar-refractivity contribution in [3.63, 3.8) is 0 Å². The molecule has 0 atom stereocenters. The number of aromatic amines is 1. The number of rotatable bonds is 15. The maximum atomic E-state index is 12.3. The van der Waals surface area contributed by atoms with Crippen LogP contribution < -0.4 is 15.9 Å². The third kappa shape index (κ3) is 9.23. The first-order valence-corrected chi connectivity index (χ1v) is 18.0. The lowest BCUT2D eigenvalue weighted by Gasteiger charge is -2.18. The summed E-state index contributed by atoms with van der Waals surface area (Å²) in [6, 6.07) is 14.7. The van der Waals surface area contributed by atoms with E-state index in [1.54, 1.807) is 47.7 Å². The van der Waals surface area contributed by atoms with Gasteiger partial charge in [-0.1, -0.05) is 41.5 Å². The largest absolute Gasteiger partial charge is 0.382 e. The first kappa shape index (κ1) is 39.2. The molecule has 16 heteroatoms. The molecule has 0 aliphatic carbocycles. The zero-order valence-corrected chi connectivity index (χ0v) is 32.5. The van der Waals surface area contributed by atoms with Gasteiger partial charge in [0, 0.05) is 58.3 Å². The third-order valence-electron chi connectivity index (χ3n) is 8.55. The molecule has 4 aromatic heterocycles. The van der Waals surface area contributed by atoms with E-state index in [1.165, 1.54) is 0 Å². The van der Waals surface area contributed by atoms with Crippen LogP contribution in [0, 0.1) is 0 Å². The number of hydrogen-bond donors (Lipinski definition) is 3. The van der Waals surface area contributed by atoms with Gasteiger partial charge in [0.2, 0.25) is 11.8 Å². The SMILES string of the molecule is COCCOCC(=O)Nc1ccc(-c2nc3/c(=C\c4c(C(C)(C)C)[nH]n5nc(-c6ccc(NC(=O)COCCOC)cc6)nc45)c(C(C)(C)C)nn3n2)cc1.